The third-order valence-corrected chi connectivity index (χ3v) is 6.58. The van der Waals surface area contributed by atoms with Crippen LogP contribution in [0.3, 0.4) is 0 Å². The first kappa shape index (κ1) is 27.2. The molecule has 0 bridgehead atoms. The van der Waals surface area contributed by atoms with Gasteiger partial charge in [-0.2, -0.15) is 0 Å². The zero-order valence-electron chi connectivity index (χ0n) is 19.7. The van der Waals surface area contributed by atoms with E-state index in [2.05, 4.69) is 4.98 Å². The van der Waals surface area contributed by atoms with Crippen LogP contribution < -0.4 is 25.5 Å². The maximum Gasteiger partial charge on any atom is 0.694 e. The van der Waals surface area contributed by atoms with Gasteiger partial charge in [-0.3, -0.25) is 14.3 Å². The molecule has 192 valence electrons. The Morgan fingerprint density at radius 3 is 2.49 bits per heavy atom. The molecule has 1 aliphatic rings. The summed E-state index contributed by atoms with van der Waals surface area (Å²) in [5.41, 5.74) is 0.0846. The van der Waals surface area contributed by atoms with Crippen molar-refractivity contribution in [2.24, 2.45) is 0 Å². The highest BCUT2D eigenvalue weighted by Gasteiger charge is 2.39. The fourth-order valence-electron chi connectivity index (χ4n) is 3.63. The van der Waals surface area contributed by atoms with E-state index in [1.807, 2.05) is 0 Å². The van der Waals surface area contributed by atoms with Crippen LogP contribution in [0.4, 0.5) is 0 Å². The summed E-state index contributed by atoms with van der Waals surface area (Å²) in [5.74, 6) is 2.60. The second-order valence-electron chi connectivity index (χ2n) is 7.56. The zero-order valence-corrected chi connectivity index (χ0v) is 21.4. The van der Waals surface area contributed by atoms with Crippen LogP contribution in [0.15, 0.2) is 27.9 Å². The Balaban J connectivity index is 1.68. The number of aromatic amines is 1. The van der Waals surface area contributed by atoms with Crippen LogP contribution in [0, 0.1) is 6.92 Å². The number of aryl methyl sites for hydroxylation is 1. The highest BCUT2D eigenvalue weighted by molar-refractivity contribution is 7.98. The summed E-state index contributed by atoms with van der Waals surface area (Å²) in [6.07, 6.45) is -0.273. The minimum Gasteiger partial charge on any atom is -0.496 e. The Kier molecular flexibility index (Phi) is 9.72. The zero-order chi connectivity index (χ0) is 25.5. The summed E-state index contributed by atoms with van der Waals surface area (Å²) in [6.45, 7) is 1.38. The molecule has 1 saturated heterocycles. The van der Waals surface area contributed by atoms with Gasteiger partial charge in [-0.05, 0) is 6.92 Å². The summed E-state index contributed by atoms with van der Waals surface area (Å²) in [7, 11) is 1.85. The third kappa shape index (κ3) is 6.84. The molecule has 3 rings (SSSR count). The van der Waals surface area contributed by atoms with E-state index in [1.54, 1.807) is 40.4 Å². The molecular formula is C21H28N2O10PS+. The van der Waals surface area contributed by atoms with Gasteiger partial charge in [0.25, 0.3) is 5.56 Å². The van der Waals surface area contributed by atoms with E-state index in [1.165, 1.54) is 22.5 Å². The second kappa shape index (κ2) is 12.5. The lowest BCUT2D eigenvalue weighted by Crippen LogP contribution is -2.33. The van der Waals surface area contributed by atoms with Crippen molar-refractivity contribution in [3.63, 3.8) is 0 Å². The number of methoxy groups -OCH3 is 3. The van der Waals surface area contributed by atoms with E-state index < -0.39 is 37.9 Å². The molecule has 4 atom stereocenters. The number of thioether (sulfide) groups is 1. The molecule has 0 spiro atoms. The predicted octanol–water partition coefficient (Wildman–Crippen LogP) is 2.10. The van der Waals surface area contributed by atoms with Crippen molar-refractivity contribution in [3.05, 3.63) is 50.3 Å². The number of ether oxygens (including phenoxy) is 5. The van der Waals surface area contributed by atoms with Gasteiger partial charge in [-0.15, -0.1) is 21.2 Å². The Hall–Kier alpha value is -2.41. The van der Waals surface area contributed by atoms with Crippen molar-refractivity contribution in [2.45, 2.75) is 37.5 Å². The molecule has 0 aliphatic carbocycles. The molecule has 12 nitrogen and oxygen atoms in total. The van der Waals surface area contributed by atoms with Crippen LogP contribution in [-0.4, -0.2) is 60.5 Å². The maximum atomic E-state index is 12.3. The summed E-state index contributed by atoms with van der Waals surface area (Å²) in [6, 6.07) is 3.53. The van der Waals surface area contributed by atoms with Crippen LogP contribution in [0.25, 0.3) is 0 Å². The third-order valence-electron chi connectivity index (χ3n) is 5.41. The fraction of sp³-hybridized carbons (Fsp3) is 0.524. The largest absolute Gasteiger partial charge is 0.694 e. The molecule has 2 aromatic rings. The summed E-state index contributed by atoms with van der Waals surface area (Å²) >= 11 is 1.45. The van der Waals surface area contributed by atoms with Crippen molar-refractivity contribution >= 4 is 20.0 Å². The maximum absolute atomic E-state index is 12.3. The van der Waals surface area contributed by atoms with E-state index in [0.29, 0.717) is 28.6 Å². The van der Waals surface area contributed by atoms with Crippen LogP contribution in [0.1, 0.15) is 23.8 Å². The molecule has 0 amide bonds. The number of hydrogen-bond donors (Lipinski definition) is 2. The first-order chi connectivity index (χ1) is 16.8. The highest BCUT2D eigenvalue weighted by atomic mass is 32.2. The second-order valence-corrected chi connectivity index (χ2v) is 9.23. The molecule has 35 heavy (non-hydrogen) atoms. The fourth-order valence-corrected chi connectivity index (χ4v) is 4.75. The standard InChI is InChI=1S/C21H27N2O10PS/c1-12-8-23(21(25)22-20(12)24)19-7-17(18(33-19)9-32-34(26)27)31-11-35-10-14-15(29-3)5-13(28-2)6-16(14)30-4/h5-6,8,17-19H,7,9-11H2,1-4H3,(H-,22,24,25,26,27)/p+1/t17-,18?,19+/m0/s1. The number of benzene rings is 1. The molecular weight excluding hydrogens is 503 g/mol. The van der Waals surface area contributed by atoms with Crippen molar-refractivity contribution in [1.29, 1.82) is 0 Å². The first-order valence-electron chi connectivity index (χ1n) is 10.5. The number of hydrogen-bond acceptors (Lipinski definition) is 10. The number of rotatable bonds is 12. The van der Waals surface area contributed by atoms with Crippen LogP contribution >= 0.6 is 20.0 Å². The van der Waals surface area contributed by atoms with Gasteiger partial charge in [-0.25, -0.2) is 4.79 Å². The Morgan fingerprint density at radius 2 is 1.89 bits per heavy atom. The van der Waals surface area contributed by atoms with E-state index in [0.717, 1.165) is 5.56 Å². The predicted molar refractivity (Wildman–Crippen MR) is 127 cm³/mol. The van der Waals surface area contributed by atoms with E-state index in [4.69, 9.17) is 33.1 Å². The van der Waals surface area contributed by atoms with Gasteiger partial charge in [-0.1, -0.05) is 0 Å². The quantitative estimate of drug-likeness (QED) is 0.236. The number of H-pyrrole nitrogens is 1. The molecule has 2 N–H and O–H groups in total. The van der Waals surface area contributed by atoms with Gasteiger partial charge in [0.1, 0.15) is 36.2 Å². The van der Waals surface area contributed by atoms with Gasteiger partial charge >= 0.3 is 13.9 Å². The Bertz CT molecular complexity index is 1130. The molecule has 1 aromatic carbocycles. The number of nitrogens with one attached hydrogen (secondary N) is 1. The number of aromatic nitrogens is 2. The van der Waals surface area contributed by atoms with Crippen molar-refractivity contribution in [2.75, 3.05) is 33.9 Å². The number of nitrogens with zero attached hydrogens (tertiary/aromatic N) is 1. The minimum absolute atomic E-state index is 0.200. The van der Waals surface area contributed by atoms with Crippen LogP contribution in [0.2, 0.25) is 0 Å². The average Bonchev–Trinajstić information content (AvgIpc) is 3.24. The molecule has 2 heterocycles. The molecule has 0 radical (unpaired) electrons. The Morgan fingerprint density at radius 1 is 1.20 bits per heavy atom. The van der Waals surface area contributed by atoms with Gasteiger partial charge in [0, 0.05) is 46.2 Å². The van der Waals surface area contributed by atoms with Gasteiger partial charge < -0.3 is 23.7 Å². The molecule has 1 fully saturated rings. The van der Waals surface area contributed by atoms with Crippen molar-refractivity contribution in [3.8, 4) is 17.2 Å². The molecule has 14 heteroatoms. The topological polar surface area (TPSA) is 148 Å². The molecule has 1 aromatic heterocycles. The minimum atomic E-state index is -2.83. The summed E-state index contributed by atoms with van der Waals surface area (Å²) < 4.78 is 45.2. The van der Waals surface area contributed by atoms with Gasteiger partial charge in [0.05, 0.1) is 33.4 Å². The normalized spacial score (nSPS) is 20.0. The highest BCUT2D eigenvalue weighted by Crippen LogP contribution is 2.37. The van der Waals surface area contributed by atoms with E-state index >= 15 is 0 Å². The average molecular weight is 532 g/mol. The van der Waals surface area contributed by atoms with Crippen molar-refractivity contribution in [1.82, 2.24) is 9.55 Å². The van der Waals surface area contributed by atoms with Gasteiger partial charge in [0.2, 0.25) is 0 Å². The van der Waals surface area contributed by atoms with Crippen molar-refractivity contribution < 1.29 is 37.7 Å². The van der Waals surface area contributed by atoms with E-state index in [-0.39, 0.29) is 19.0 Å². The monoisotopic (exact) mass is 531 g/mol. The molecule has 2 unspecified atom stereocenters. The first-order valence-corrected chi connectivity index (χ1v) is 12.8. The van der Waals surface area contributed by atoms with Crippen LogP contribution in [-0.2, 0) is 24.3 Å². The van der Waals surface area contributed by atoms with Crippen LogP contribution in [0.5, 0.6) is 17.2 Å². The SMILES string of the molecule is COc1cc(OC)c(CSCO[C@H]2C[C@H](n3cc(C)c(=O)[nH]c3=O)OC2CO[P+](=O)O)c(OC)c1. The molecule has 0 saturated carbocycles. The lowest BCUT2D eigenvalue weighted by molar-refractivity contribution is -0.0510. The summed E-state index contributed by atoms with van der Waals surface area (Å²) in [5, 5.41) is 0. The Labute approximate surface area is 206 Å². The lowest BCUT2D eigenvalue weighted by atomic mass is 10.2. The molecule has 1 aliphatic heterocycles. The lowest BCUT2D eigenvalue weighted by Gasteiger charge is -2.17. The van der Waals surface area contributed by atoms with Gasteiger partial charge in [0.15, 0.2) is 0 Å². The smallest absolute Gasteiger partial charge is 0.496 e. The van der Waals surface area contributed by atoms with E-state index in [9.17, 15) is 14.2 Å². The summed E-state index contributed by atoms with van der Waals surface area (Å²) in [4.78, 5) is 35.2.